The summed E-state index contributed by atoms with van der Waals surface area (Å²) in [4.78, 5) is 36.3. The maximum atomic E-state index is 12.9. The van der Waals surface area contributed by atoms with Gasteiger partial charge in [0.25, 0.3) is 11.5 Å². The zero-order chi connectivity index (χ0) is 21.5. The molecule has 0 saturated heterocycles. The SMILES string of the molecule is Cc1ccn(CC(=O)Nc2ccc(C(=O)NCCc3ccc(F)cc3)cc2)c(=O)c1. The average Bonchev–Trinajstić information content (AvgIpc) is 2.72. The number of pyridine rings is 1. The average molecular weight is 407 g/mol. The molecule has 2 aromatic carbocycles. The van der Waals surface area contributed by atoms with E-state index in [9.17, 15) is 18.8 Å². The fourth-order valence-corrected chi connectivity index (χ4v) is 2.87. The Morgan fingerprint density at radius 3 is 2.37 bits per heavy atom. The fourth-order valence-electron chi connectivity index (χ4n) is 2.87. The Kier molecular flexibility index (Phi) is 6.75. The summed E-state index contributed by atoms with van der Waals surface area (Å²) >= 11 is 0. The lowest BCUT2D eigenvalue weighted by Crippen LogP contribution is -2.27. The number of aromatic nitrogens is 1. The summed E-state index contributed by atoms with van der Waals surface area (Å²) in [5.41, 5.74) is 2.52. The Morgan fingerprint density at radius 1 is 1.00 bits per heavy atom. The van der Waals surface area contributed by atoms with Crippen molar-refractivity contribution in [3.8, 4) is 0 Å². The number of hydrogen-bond donors (Lipinski definition) is 2. The first-order valence-electron chi connectivity index (χ1n) is 9.50. The van der Waals surface area contributed by atoms with Gasteiger partial charge in [0.05, 0.1) is 0 Å². The highest BCUT2D eigenvalue weighted by atomic mass is 19.1. The first-order chi connectivity index (χ1) is 14.4. The molecular formula is C23H22FN3O3. The molecule has 0 radical (unpaired) electrons. The van der Waals surface area contributed by atoms with E-state index in [4.69, 9.17) is 0 Å². The van der Waals surface area contributed by atoms with Crippen LogP contribution in [0, 0.1) is 12.7 Å². The van der Waals surface area contributed by atoms with Gasteiger partial charge in [0, 0.05) is 30.1 Å². The van der Waals surface area contributed by atoms with E-state index in [1.54, 1.807) is 48.7 Å². The van der Waals surface area contributed by atoms with Crippen molar-refractivity contribution in [1.82, 2.24) is 9.88 Å². The van der Waals surface area contributed by atoms with Gasteiger partial charge in [-0.1, -0.05) is 12.1 Å². The van der Waals surface area contributed by atoms with Crippen LogP contribution in [0.4, 0.5) is 10.1 Å². The Morgan fingerprint density at radius 2 is 1.70 bits per heavy atom. The van der Waals surface area contributed by atoms with Gasteiger partial charge in [-0.05, 0) is 66.9 Å². The van der Waals surface area contributed by atoms with E-state index >= 15 is 0 Å². The number of anilines is 1. The normalized spacial score (nSPS) is 10.5. The first-order valence-corrected chi connectivity index (χ1v) is 9.50. The quantitative estimate of drug-likeness (QED) is 0.632. The molecule has 0 unspecified atom stereocenters. The van der Waals surface area contributed by atoms with Crippen molar-refractivity contribution in [2.75, 3.05) is 11.9 Å². The van der Waals surface area contributed by atoms with Crippen LogP contribution < -0.4 is 16.2 Å². The van der Waals surface area contributed by atoms with Crippen LogP contribution in [0.25, 0.3) is 0 Å². The lowest BCUT2D eigenvalue weighted by molar-refractivity contribution is -0.116. The number of benzene rings is 2. The number of nitrogens with one attached hydrogen (secondary N) is 2. The Bertz CT molecular complexity index is 1090. The number of nitrogens with zero attached hydrogens (tertiary/aromatic N) is 1. The lowest BCUT2D eigenvalue weighted by Gasteiger charge is -2.09. The molecule has 0 aliphatic rings. The first kappa shape index (κ1) is 21.0. The summed E-state index contributed by atoms with van der Waals surface area (Å²) < 4.78 is 14.2. The summed E-state index contributed by atoms with van der Waals surface area (Å²) in [6.45, 7) is 2.14. The van der Waals surface area contributed by atoms with Crippen molar-refractivity contribution in [2.24, 2.45) is 0 Å². The third-order valence-corrected chi connectivity index (χ3v) is 4.51. The molecule has 0 saturated carbocycles. The molecular weight excluding hydrogens is 385 g/mol. The van der Waals surface area contributed by atoms with Gasteiger partial charge in [-0.2, -0.15) is 0 Å². The van der Waals surface area contributed by atoms with Crippen LogP contribution in [0.1, 0.15) is 21.5 Å². The minimum Gasteiger partial charge on any atom is -0.352 e. The molecule has 0 fully saturated rings. The highest BCUT2D eigenvalue weighted by molar-refractivity contribution is 5.95. The minimum absolute atomic E-state index is 0.0925. The van der Waals surface area contributed by atoms with Crippen molar-refractivity contribution >= 4 is 17.5 Å². The van der Waals surface area contributed by atoms with Gasteiger partial charge in [0.2, 0.25) is 5.91 Å². The van der Waals surface area contributed by atoms with Gasteiger partial charge in [0.15, 0.2) is 0 Å². The molecule has 0 aliphatic carbocycles. The fraction of sp³-hybridized carbons (Fsp3) is 0.174. The number of carbonyl (C=O) groups is 2. The standard InChI is InChI=1S/C23H22FN3O3/c1-16-11-13-27(22(29)14-16)15-21(28)26-20-8-4-18(5-9-20)23(30)25-12-10-17-2-6-19(24)7-3-17/h2-9,11,13-14H,10,12,15H2,1H3,(H,25,30)(H,26,28). The second kappa shape index (κ2) is 9.65. The zero-order valence-corrected chi connectivity index (χ0v) is 16.5. The van der Waals surface area contributed by atoms with E-state index in [2.05, 4.69) is 10.6 Å². The number of hydrogen-bond acceptors (Lipinski definition) is 3. The van der Waals surface area contributed by atoms with E-state index in [0.29, 0.717) is 24.2 Å². The molecule has 0 atom stereocenters. The van der Waals surface area contributed by atoms with E-state index < -0.39 is 0 Å². The third kappa shape index (κ3) is 5.88. The molecule has 1 heterocycles. The van der Waals surface area contributed by atoms with Crippen LogP contribution in [0.15, 0.2) is 71.7 Å². The van der Waals surface area contributed by atoms with Crippen LogP contribution in [0.2, 0.25) is 0 Å². The summed E-state index contributed by atoms with van der Waals surface area (Å²) in [5.74, 6) is -0.862. The number of rotatable bonds is 7. The Labute approximate surface area is 173 Å². The van der Waals surface area contributed by atoms with Crippen molar-refractivity contribution in [1.29, 1.82) is 0 Å². The zero-order valence-electron chi connectivity index (χ0n) is 16.5. The molecule has 3 rings (SSSR count). The van der Waals surface area contributed by atoms with Gasteiger partial charge in [0.1, 0.15) is 12.4 Å². The summed E-state index contributed by atoms with van der Waals surface area (Å²) in [6, 6.07) is 15.9. The van der Waals surface area contributed by atoms with Crippen LogP contribution in [0.5, 0.6) is 0 Å². The molecule has 1 aromatic heterocycles. The van der Waals surface area contributed by atoms with Gasteiger partial charge in [-0.15, -0.1) is 0 Å². The Hall–Kier alpha value is -3.74. The molecule has 30 heavy (non-hydrogen) atoms. The highest BCUT2D eigenvalue weighted by Gasteiger charge is 2.08. The van der Waals surface area contributed by atoms with Crippen molar-refractivity contribution < 1.29 is 14.0 Å². The minimum atomic E-state index is -0.336. The molecule has 2 amide bonds. The van der Waals surface area contributed by atoms with E-state index in [0.717, 1.165) is 11.1 Å². The van der Waals surface area contributed by atoms with Crippen LogP contribution >= 0.6 is 0 Å². The molecule has 0 bridgehead atoms. The highest BCUT2D eigenvalue weighted by Crippen LogP contribution is 2.10. The predicted octanol–water partition coefficient (Wildman–Crippen LogP) is 2.91. The van der Waals surface area contributed by atoms with Crippen molar-refractivity contribution in [2.45, 2.75) is 19.9 Å². The van der Waals surface area contributed by atoms with Crippen LogP contribution in [-0.4, -0.2) is 22.9 Å². The molecule has 2 N–H and O–H groups in total. The number of aryl methyl sites for hydroxylation is 1. The van der Waals surface area contributed by atoms with Gasteiger partial charge in [-0.25, -0.2) is 4.39 Å². The second-order valence-corrected chi connectivity index (χ2v) is 6.93. The Balaban J connectivity index is 1.49. The van der Waals surface area contributed by atoms with Crippen molar-refractivity contribution in [3.63, 3.8) is 0 Å². The van der Waals surface area contributed by atoms with E-state index in [1.165, 1.54) is 22.8 Å². The third-order valence-electron chi connectivity index (χ3n) is 4.51. The summed E-state index contributed by atoms with van der Waals surface area (Å²) in [7, 11) is 0. The van der Waals surface area contributed by atoms with Gasteiger partial charge < -0.3 is 15.2 Å². The monoisotopic (exact) mass is 407 g/mol. The molecule has 154 valence electrons. The second-order valence-electron chi connectivity index (χ2n) is 6.93. The number of carbonyl (C=O) groups excluding carboxylic acids is 2. The van der Waals surface area contributed by atoms with Crippen molar-refractivity contribution in [3.05, 3.63) is 99.7 Å². The number of halogens is 1. The molecule has 7 heteroatoms. The van der Waals surface area contributed by atoms with Crippen LogP contribution in [0.3, 0.4) is 0 Å². The summed E-state index contributed by atoms with van der Waals surface area (Å²) in [5, 5.41) is 5.51. The molecule has 3 aromatic rings. The topological polar surface area (TPSA) is 80.2 Å². The lowest BCUT2D eigenvalue weighted by atomic mass is 10.1. The summed E-state index contributed by atoms with van der Waals surface area (Å²) in [6.07, 6.45) is 2.18. The predicted molar refractivity (Wildman–Crippen MR) is 113 cm³/mol. The molecule has 0 aliphatic heterocycles. The van der Waals surface area contributed by atoms with Crippen LogP contribution in [-0.2, 0) is 17.8 Å². The molecule has 0 spiro atoms. The smallest absolute Gasteiger partial charge is 0.251 e. The molecule has 6 nitrogen and oxygen atoms in total. The largest absolute Gasteiger partial charge is 0.352 e. The maximum Gasteiger partial charge on any atom is 0.251 e. The van der Waals surface area contributed by atoms with Gasteiger partial charge >= 0.3 is 0 Å². The van der Waals surface area contributed by atoms with E-state index in [1.807, 2.05) is 6.92 Å². The number of amides is 2. The maximum absolute atomic E-state index is 12.9. The van der Waals surface area contributed by atoms with Gasteiger partial charge in [-0.3, -0.25) is 14.4 Å². The van der Waals surface area contributed by atoms with E-state index in [-0.39, 0.29) is 29.7 Å².